The number of nitrogens with one attached hydrogen (secondary N) is 3. The predicted octanol–water partition coefficient (Wildman–Crippen LogP) is 3.92. The van der Waals surface area contributed by atoms with Gasteiger partial charge < -0.3 is 15.4 Å². The van der Waals surface area contributed by atoms with E-state index in [1.165, 1.54) is 6.21 Å². The summed E-state index contributed by atoms with van der Waals surface area (Å²) in [7, 11) is 0. The Morgan fingerprint density at radius 2 is 1.58 bits per heavy atom. The highest BCUT2D eigenvalue weighted by atomic mass is 16.5. The van der Waals surface area contributed by atoms with Crippen LogP contribution in [0.2, 0.25) is 0 Å². The summed E-state index contributed by atoms with van der Waals surface area (Å²) in [4.78, 5) is 37.2. The van der Waals surface area contributed by atoms with E-state index in [2.05, 4.69) is 21.2 Å². The highest BCUT2D eigenvalue weighted by Crippen LogP contribution is 2.12. The van der Waals surface area contributed by atoms with E-state index in [1.807, 2.05) is 51.1 Å². The van der Waals surface area contributed by atoms with E-state index in [0.29, 0.717) is 17.0 Å². The number of para-hydroxylation sites is 1. The monoisotopic (exact) mass is 486 g/mol. The molecule has 186 valence electrons. The number of aryl methyl sites for hydroxylation is 1. The van der Waals surface area contributed by atoms with Gasteiger partial charge in [-0.2, -0.15) is 5.10 Å². The fraction of sp³-hybridized carbons (Fsp3) is 0.214. The summed E-state index contributed by atoms with van der Waals surface area (Å²) in [5, 5.41) is 9.53. The first-order chi connectivity index (χ1) is 17.3. The lowest BCUT2D eigenvalue weighted by atomic mass is 10.0. The van der Waals surface area contributed by atoms with Gasteiger partial charge in [0.25, 0.3) is 17.7 Å². The molecule has 0 aliphatic rings. The van der Waals surface area contributed by atoms with Crippen molar-refractivity contribution in [3.8, 4) is 5.75 Å². The molecule has 8 nitrogen and oxygen atoms in total. The van der Waals surface area contributed by atoms with Crippen molar-refractivity contribution in [1.82, 2.24) is 10.7 Å². The van der Waals surface area contributed by atoms with E-state index in [0.717, 1.165) is 11.1 Å². The zero-order valence-corrected chi connectivity index (χ0v) is 20.5. The van der Waals surface area contributed by atoms with Crippen molar-refractivity contribution in [1.29, 1.82) is 0 Å². The number of nitrogens with zero attached hydrogens (tertiary/aromatic N) is 1. The van der Waals surface area contributed by atoms with Crippen molar-refractivity contribution >= 4 is 29.6 Å². The number of hydrogen-bond donors (Lipinski definition) is 3. The zero-order valence-electron chi connectivity index (χ0n) is 20.5. The largest absolute Gasteiger partial charge is 0.484 e. The molecule has 3 N–H and O–H groups in total. The first kappa shape index (κ1) is 26.2. The van der Waals surface area contributed by atoms with Crippen LogP contribution in [0.25, 0.3) is 0 Å². The van der Waals surface area contributed by atoms with Crippen LogP contribution in [0.4, 0.5) is 5.69 Å². The van der Waals surface area contributed by atoms with Crippen molar-refractivity contribution in [2.24, 2.45) is 11.0 Å². The van der Waals surface area contributed by atoms with E-state index in [4.69, 9.17) is 4.74 Å². The number of hydrazone groups is 1. The van der Waals surface area contributed by atoms with Crippen LogP contribution in [0.5, 0.6) is 5.75 Å². The Hall–Kier alpha value is -4.46. The van der Waals surface area contributed by atoms with Crippen LogP contribution in [0.1, 0.15) is 35.3 Å². The minimum Gasteiger partial charge on any atom is -0.484 e. The molecule has 0 spiro atoms. The molecule has 3 amide bonds. The lowest BCUT2D eigenvalue weighted by Gasteiger charge is -2.20. The molecule has 0 bridgehead atoms. The summed E-state index contributed by atoms with van der Waals surface area (Å²) in [6.45, 7) is 5.52. The second-order valence-corrected chi connectivity index (χ2v) is 8.57. The Kier molecular flexibility index (Phi) is 9.33. The first-order valence-electron chi connectivity index (χ1n) is 11.6. The number of amides is 3. The van der Waals surface area contributed by atoms with E-state index in [1.54, 1.807) is 48.5 Å². The molecule has 1 atom stereocenters. The quantitative estimate of drug-likeness (QED) is 0.298. The Balaban J connectivity index is 1.48. The fourth-order valence-corrected chi connectivity index (χ4v) is 3.22. The molecule has 0 heterocycles. The Labute approximate surface area is 210 Å². The fourth-order valence-electron chi connectivity index (χ4n) is 3.22. The number of benzene rings is 3. The summed E-state index contributed by atoms with van der Waals surface area (Å²) in [6, 6.07) is 22.4. The number of anilines is 1. The van der Waals surface area contributed by atoms with Gasteiger partial charge in [-0.1, -0.05) is 49.7 Å². The summed E-state index contributed by atoms with van der Waals surface area (Å²) in [5.74, 6) is -0.598. The van der Waals surface area contributed by atoms with Gasteiger partial charge in [0.15, 0.2) is 6.61 Å². The maximum atomic E-state index is 12.6. The molecule has 0 saturated carbocycles. The molecular weight excluding hydrogens is 456 g/mol. The Morgan fingerprint density at radius 1 is 0.917 bits per heavy atom. The molecule has 3 aromatic rings. The van der Waals surface area contributed by atoms with E-state index >= 15 is 0 Å². The second-order valence-electron chi connectivity index (χ2n) is 8.57. The molecule has 1 unspecified atom stereocenters. The van der Waals surface area contributed by atoms with Gasteiger partial charge in [-0.3, -0.25) is 14.4 Å². The van der Waals surface area contributed by atoms with Crippen molar-refractivity contribution < 1.29 is 19.1 Å². The molecule has 3 aromatic carbocycles. The minimum atomic E-state index is -0.742. The van der Waals surface area contributed by atoms with Crippen molar-refractivity contribution in [3.05, 3.63) is 95.6 Å². The minimum absolute atomic E-state index is 0.122. The van der Waals surface area contributed by atoms with Crippen LogP contribution in [0, 0.1) is 12.8 Å². The van der Waals surface area contributed by atoms with Crippen molar-refractivity contribution in [2.45, 2.75) is 26.8 Å². The maximum Gasteiger partial charge on any atom is 0.262 e. The van der Waals surface area contributed by atoms with Gasteiger partial charge in [-0.05, 0) is 66.9 Å². The summed E-state index contributed by atoms with van der Waals surface area (Å²) in [6.07, 6.45) is 1.49. The number of carbonyl (C=O) groups is 3. The molecule has 8 heteroatoms. The molecule has 0 aliphatic carbocycles. The van der Waals surface area contributed by atoms with Gasteiger partial charge in [0.05, 0.1) is 6.21 Å². The third-order valence-corrected chi connectivity index (χ3v) is 5.25. The van der Waals surface area contributed by atoms with E-state index in [-0.39, 0.29) is 24.3 Å². The van der Waals surface area contributed by atoms with Crippen LogP contribution in [0.3, 0.4) is 0 Å². The first-order valence-corrected chi connectivity index (χ1v) is 11.6. The molecular formula is C28H30N4O4. The highest BCUT2D eigenvalue weighted by Gasteiger charge is 2.24. The van der Waals surface area contributed by atoms with Crippen molar-refractivity contribution in [3.63, 3.8) is 0 Å². The van der Waals surface area contributed by atoms with Crippen LogP contribution < -0.4 is 20.8 Å². The van der Waals surface area contributed by atoms with Gasteiger partial charge in [0.1, 0.15) is 11.8 Å². The maximum absolute atomic E-state index is 12.6. The zero-order chi connectivity index (χ0) is 25.9. The normalized spacial score (nSPS) is 11.7. The molecule has 0 aromatic heterocycles. The smallest absolute Gasteiger partial charge is 0.262 e. The Bertz CT molecular complexity index is 1190. The molecule has 0 saturated heterocycles. The summed E-state index contributed by atoms with van der Waals surface area (Å²) >= 11 is 0. The van der Waals surface area contributed by atoms with Crippen LogP contribution in [0.15, 0.2) is 84.0 Å². The van der Waals surface area contributed by atoms with Crippen molar-refractivity contribution in [2.75, 3.05) is 11.9 Å². The third kappa shape index (κ3) is 8.09. The van der Waals surface area contributed by atoms with Crippen LogP contribution in [-0.4, -0.2) is 36.6 Å². The second kappa shape index (κ2) is 12.9. The molecule has 0 fully saturated rings. The summed E-state index contributed by atoms with van der Waals surface area (Å²) in [5.41, 5.74) is 5.45. The highest BCUT2D eigenvalue weighted by molar-refractivity contribution is 5.97. The predicted molar refractivity (Wildman–Crippen MR) is 140 cm³/mol. The Morgan fingerprint density at radius 3 is 2.22 bits per heavy atom. The van der Waals surface area contributed by atoms with Crippen LogP contribution >= 0.6 is 0 Å². The number of rotatable bonds is 10. The molecule has 3 rings (SSSR count). The number of carbonyl (C=O) groups excluding carboxylic acids is 3. The topological polar surface area (TPSA) is 109 Å². The van der Waals surface area contributed by atoms with Crippen LogP contribution in [-0.2, 0) is 9.59 Å². The van der Waals surface area contributed by atoms with Gasteiger partial charge >= 0.3 is 0 Å². The average molecular weight is 487 g/mol. The van der Waals surface area contributed by atoms with E-state index in [9.17, 15) is 14.4 Å². The van der Waals surface area contributed by atoms with E-state index < -0.39 is 11.9 Å². The molecule has 0 aliphatic heterocycles. The standard InChI is InChI=1S/C28H30N4O4/c1-19(2)26(31-27(34)22-13-9-20(3)10-14-22)28(35)32-29-17-21-11-15-24(16-12-21)36-18-25(33)30-23-7-5-4-6-8-23/h4-17,19,26H,18H2,1-3H3,(H,30,33)(H,31,34)(H,32,35). The average Bonchev–Trinajstić information content (AvgIpc) is 2.87. The van der Waals surface area contributed by atoms with Gasteiger partial charge in [0.2, 0.25) is 0 Å². The van der Waals surface area contributed by atoms with Gasteiger partial charge in [0, 0.05) is 11.3 Å². The third-order valence-electron chi connectivity index (χ3n) is 5.25. The SMILES string of the molecule is Cc1ccc(C(=O)NC(C(=O)NN=Cc2ccc(OCC(=O)Nc3ccccc3)cc2)C(C)C)cc1. The molecule has 36 heavy (non-hydrogen) atoms. The summed E-state index contributed by atoms with van der Waals surface area (Å²) < 4.78 is 5.51. The van der Waals surface area contributed by atoms with Gasteiger partial charge in [-0.25, -0.2) is 5.43 Å². The number of hydrogen-bond acceptors (Lipinski definition) is 5. The lowest BCUT2D eigenvalue weighted by molar-refractivity contribution is -0.124. The number of ether oxygens (including phenoxy) is 1. The molecule has 0 radical (unpaired) electrons. The van der Waals surface area contributed by atoms with Gasteiger partial charge in [-0.15, -0.1) is 0 Å². The lowest BCUT2D eigenvalue weighted by Crippen LogP contribution is -2.48.